The number of esters is 4. The summed E-state index contributed by atoms with van der Waals surface area (Å²) in [5.41, 5.74) is 2.49. The van der Waals surface area contributed by atoms with Crippen LogP contribution in [0.3, 0.4) is 0 Å². The van der Waals surface area contributed by atoms with Crippen LogP contribution in [0.15, 0.2) is 48.5 Å². The normalized spacial score (nSPS) is 16.9. The molecule has 0 spiro atoms. The van der Waals surface area contributed by atoms with Crippen molar-refractivity contribution in [3.8, 4) is 0 Å². The minimum atomic E-state index is -1.51. The molecule has 330 valence electrons. The quantitative estimate of drug-likeness (QED) is 0.0738. The Morgan fingerprint density at radius 1 is 0.683 bits per heavy atom. The highest BCUT2D eigenvalue weighted by Gasteiger charge is 2.44. The third kappa shape index (κ3) is 9.74. The molecule has 7 rings (SSSR count). The number of hydrogen-bond acceptors (Lipinski definition) is 14. The maximum atomic E-state index is 14.0. The number of carbonyl (C=O) groups excluding carboxylic acids is 8. The van der Waals surface area contributed by atoms with Gasteiger partial charge in [-0.2, -0.15) is 0 Å². The highest BCUT2D eigenvalue weighted by atomic mass is 32.1. The van der Waals surface area contributed by atoms with Crippen LogP contribution in [0.4, 0.5) is 10.0 Å². The number of benzene rings is 2. The van der Waals surface area contributed by atoms with Crippen LogP contribution in [-0.4, -0.2) is 84.9 Å². The molecule has 3 atom stereocenters. The van der Waals surface area contributed by atoms with Crippen LogP contribution in [0.5, 0.6) is 0 Å². The number of thiophene rings is 2. The van der Waals surface area contributed by atoms with Crippen molar-refractivity contribution in [2.24, 2.45) is 11.8 Å². The van der Waals surface area contributed by atoms with Crippen LogP contribution in [0.1, 0.15) is 119 Å². The smallest absolute Gasteiger partial charge is 0.341 e. The van der Waals surface area contributed by atoms with Crippen molar-refractivity contribution in [3.05, 3.63) is 103 Å². The van der Waals surface area contributed by atoms with Gasteiger partial charge in [0.2, 0.25) is 0 Å². The van der Waals surface area contributed by atoms with Gasteiger partial charge in [0.05, 0.1) is 41.0 Å². The van der Waals surface area contributed by atoms with E-state index in [1.165, 1.54) is 34.8 Å². The Bertz CT molecular complexity index is 2490. The molecule has 63 heavy (non-hydrogen) atoms. The molecule has 4 amide bonds. The molecular weight excluding hydrogens is 851 g/mol. The number of hydrogen-bond donors (Lipinski definition) is 2. The van der Waals surface area contributed by atoms with E-state index >= 15 is 0 Å². The molecule has 4 aromatic rings. The summed E-state index contributed by atoms with van der Waals surface area (Å²) in [6.07, 6.45) is 4.46. The van der Waals surface area contributed by atoms with Gasteiger partial charge in [0.1, 0.15) is 16.0 Å². The number of nitrogens with one attached hydrogen (secondary N) is 2. The monoisotopic (exact) mass is 897 g/mol. The summed E-state index contributed by atoms with van der Waals surface area (Å²) in [6.45, 7) is 6.43. The minimum absolute atomic E-state index is 0.0807. The summed E-state index contributed by atoms with van der Waals surface area (Å²) in [5, 5.41) is 6.01. The van der Waals surface area contributed by atoms with E-state index < -0.39 is 66.8 Å². The standard InChI is InChI=1S/C46H47N3O12S2/c1-5-58-45(56)37-29-15-12-24(3)18-33(29)62-39(37)47-35(50)22-60-43(54)27-14-17-28-31(21-27)42(53)49(41(28)52)32(20-26-10-8-7-9-11-26)44(55)61-23-36(51)48-40-38(46(57)59-6-2)30-16-13-25(4)19-34(30)63-40/h7-11,14,17,21,24-25,32H,5-6,12-13,15-16,18-20,22-23H2,1-4H3,(H,47,50)(H,48,51)/t24-,25-,32-/m1/s1. The molecule has 17 heteroatoms. The molecule has 3 heterocycles. The largest absolute Gasteiger partial charge is 0.462 e. The van der Waals surface area contributed by atoms with Gasteiger partial charge in [-0.25, -0.2) is 19.2 Å². The van der Waals surface area contributed by atoms with Crippen molar-refractivity contribution in [2.75, 3.05) is 37.1 Å². The first-order valence-electron chi connectivity index (χ1n) is 20.9. The van der Waals surface area contributed by atoms with E-state index in [1.54, 1.807) is 44.2 Å². The fourth-order valence-electron chi connectivity index (χ4n) is 8.08. The molecule has 3 aliphatic rings. The molecule has 0 saturated heterocycles. The first-order chi connectivity index (χ1) is 30.3. The van der Waals surface area contributed by atoms with Crippen LogP contribution >= 0.6 is 22.7 Å². The molecule has 0 saturated carbocycles. The first kappa shape index (κ1) is 44.8. The summed E-state index contributed by atoms with van der Waals surface area (Å²) in [4.78, 5) is 110. The second kappa shape index (κ2) is 19.5. The second-order valence-corrected chi connectivity index (χ2v) is 18.0. The number of carbonyl (C=O) groups is 8. The Kier molecular flexibility index (Phi) is 13.9. The van der Waals surface area contributed by atoms with Crippen molar-refractivity contribution in [1.29, 1.82) is 0 Å². The summed E-state index contributed by atoms with van der Waals surface area (Å²) in [7, 11) is 0. The maximum Gasteiger partial charge on any atom is 0.341 e. The zero-order valence-corrected chi connectivity index (χ0v) is 36.9. The predicted molar refractivity (Wildman–Crippen MR) is 232 cm³/mol. The van der Waals surface area contributed by atoms with Crippen LogP contribution < -0.4 is 10.6 Å². The van der Waals surface area contributed by atoms with Gasteiger partial charge in [0.15, 0.2) is 13.2 Å². The van der Waals surface area contributed by atoms with Crippen molar-refractivity contribution in [2.45, 2.75) is 78.7 Å². The van der Waals surface area contributed by atoms with Gasteiger partial charge in [-0.05, 0) is 99.1 Å². The third-order valence-corrected chi connectivity index (χ3v) is 13.5. The molecule has 2 N–H and O–H groups in total. The SMILES string of the molecule is CCOC(=O)c1c(NC(=O)COC(=O)c2ccc3c(c2)C(=O)N([C@H](Cc2ccccc2)C(=O)OCC(=O)Nc2sc4c(c2C(=O)OCC)CC[C@@H](C)C4)C3=O)sc2c1CC[C@@H](C)C2. The van der Waals surface area contributed by atoms with Gasteiger partial charge in [-0.3, -0.25) is 24.1 Å². The average molecular weight is 898 g/mol. The Labute approximate surface area is 371 Å². The number of ether oxygens (including phenoxy) is 4. The van der Waals surface area contributed by atoms with Gasteiger partial charge < -0.3 is 29.6 Å². The Morgan fingerprint density at radius 2 is 1.21 bits per heavy atom. The number of anilines is 2. The van der Waals surface area contributed by atoms with Crippen LogP contribution in [0.25, 0.3) is 0 Å². The van der Waals surface area contributed by atoms with Crippen LogP contribution in [-0.2, 0) is 65.4 Å². The molecule has 0 bridgehead atoms. The van der Waals surface area contributed by atoms with E-state index in [-0.39, 0.29) is 36.3 Å². The zero-order chi connectivity index (χ0) is 44.9. The molecule has 0 unspecified atom stereocenters. The van der Waals surface area contributed by atoms with Gasteiger partial charge in [-0.1, -0.05) is 44.2 Å². The summed E-state index contributed by atoms with van der Waals surface area (Å²) >= 11 is 2.58. The Morgan fingerprint density at radius 3 is 1.75 bits per heavy atom. The number of nitrogens with zero attached hydrogens (tertiary/aromatic N) is 1. The predicted octanol–water partition coefficient (Wildman–Crippen LogP) is 6.60. The van der Waals surface area contributed by atoms with Gasteiger partial charge in [0.25, 0.3) is 23.6 Å². The molecule has 2 aromatic heterocycles. The van der Waals surface area contributed by atoms with Crippen LogP contribution in [0.2, 0.25) is 0 Å². The van der Waals surface area contributed by atoms with E-state index in [1.807, 2.05) is 0 Å². The van der Waals surface area contributed by atoms with Crippen molar-refractivity contribution < 1.29 is 57.3 Å². The molecule has 2 aromatic carbocycles. The second-order valence-electron chi connectivity index (χ2n) is 15.8. The van der Waals surface area contributed by atoms with Gasteiger partial charge in [0, 0.05) is 16.2 Å². The number of imide groups is 1. The summed E-state index contributed by atoms with van der Waals surface area (Å²) in [5.74, 6) is -5.41. The molecular formula is C46H47N3O12S2. The third-order valence-electron chi connectivity index (χ3n) is 11.2. The zero-order valence-electron chi connectivity index (χ0n) is 35.3. The minimum Gasteiger partial charge on any atom is -0.462 e. The fraction of sp³-hybridized carbons (Fsp3) is 0.391. The molecule has 0 radical (unpaired) electrons. The average Bonchev–Trinajstić information content (AvgIpc) is 3.88. The first-order valence-corrected chi connectivity index (χ1v) is 22.5. The van der Waals surface area contributed by atoms with E-state index in [0.29, 0.717) is 51.4 Å². The number of fused-ring (bicyclic) bond motifs is 3. The highest BCUT2D eigenvalue weighted by molar-refractivity contribution is 7.17. The van der Waals surface area contributed by atoms with Crippen molar-refractivity contribution in [3.63, 3.8) is 0 Å². The number of amides is 4. The lowest BCUT2D eigenvalue weighted by Crippen LogP contribution is -2.47. The van der Waals surface area contributed by atoms with E-state index in [2.05, 4.69) is 24.5 Å². The molecule has 2 aliphatic carbocycles. The van der Waals surface area contributed by atoms with Gasteiger partial charge in [-0.15, -0.1) is 22.7 Å². The van der Waals surface area contributed by atoms with Crippen molar-refractivity contribution >= 4 is 80.2 Å². The summed E-state index contributed by atoms with van der Waals surface area (Å²) < 4.78 is 21.3. The van der Waals surface area contributed by atoms with Crippen LogP contribution in [0, 0.1) is 11.8 Å². The van der Waals surface area contributed by atoms with Crippen molar-refractivity contribution in [1.82, 2.24) is 4.90 Å². The Balaban J connectivity index is 1.03. The lowest BCUT2D eigenvalue weighted by Gasteiger charge is -2.24. The summed E-state index contributed by atoms with van der Waals surface area (Å²) in [6, 6.07) is 10.8. The topological polar surface area (TPSA) is 201 Å². The highest BCUT2D eigenvalue weighted by Crippen LogP contribution is 2.41. The lowest BCUT2D eigenvalue weighted by molar-refractivity contribution is -0.151. The Hall–Kier alpha value is -6.20. The maximum absolute atomic E-state index is 14.0. The van der Waals surface area contributed by atoms with E-state index in [4.69, 9.17) is 18.9 Å². The van der Waals surface area contributed by atoms with E-state index in [9.17, 15) is 38.4 Å². The van der Waals surface area contributed by atoms with E-state index in [0.717, 1.165) is 57.5 Å². The fourth-order valence-corrected chi connectivity index (χ4v) is 10.9. The number of rotatable bonds is 15. The molecule has 0 fully saturated rings. The molecule has 1 aliphatic heterocycles. The van der Waals surface area contributed by atoms with Gasteiger partial charge >= 0.3 is 23.9 Å². The molecule has 15 nitrogen and oxygen atoms in total. The lowest BCUT2D eigenvalue weighted by atomic mass is 9.88.